The molecular formula is C41H50N4O6. The highest BCUT2D eigenvalue weighted by Gasteiger charge is 2.31. The zero-order chi connectivity index (χ0) is 36.3. The van der Waals surface area contributed by atoms with Crippen LogP contribution in [0.5, 0.6) is 5.75 Å². The number of ether oxygens (including phenoxy) is 2. The minimum atomic E-state index is -0.525. The highest BCUT2D eigenvalue weighted by molar-refractivity contribution is 6.02. The molecule has 0 saturated heterocycles. The molecule has 4 aromatic carbocycles. The highest BCUT2D eigenvalue weighted by atomic mass is 16.5. The predicted octanol–water partition coefficient (Wildman–Crippen LogP) is 6.98. The number of benzene rings is 4. The molecule has 0 saturated carbocycles. The Hall–Kier alpha value is -4.93. The predicted molar refractivity (Wildman–Crippen MR) is 201 cm³/mol. The second-order valence-electron chi connectivity index (χ2n) is 13.6. The van der Waals surface area contributed by atoms with Gasteiger partial charge in [-0.05, 0) is 68.3 Å². The van der Waals surface area contributed by atoms with Crippen LogP contribution in [0.25, 0.3) is 10.8 Å². The van der Waals surface area contributed by atoms with Crippen LogP contribution >= 0.6 is 0 Å². The molecule has 1 aliphatic rings. The first-order chi connectivity index (χ1) is 24.6. The SMILES string of the molecule is C[C@H]1CCCCO[C@@H](CN(C)C(=O)Nc2cccc3ccccc23)[C@@H](C)CN([C@@H](C)CO)C(=O)c2cc(NC(=O)Cc3ccccc3)ccc2O1. The lowest BCUT2D eigenvalue weighted by Gasteiger charge is -2.35. The summed E-state index contributed by atoms with van der Waals surface area (Å²) >= 11 is 0. The molecule has 0 unspecified atom stereocenters. The Labute approximate surface area is 300 Å². The molecule has 4 aromatic rings. The van der Waals surface area contributed by atoms with Crippen LogP contribution in [0.15, 0.2) is 91.0 Å². The number of nitrogens with one attached hydrogen (secondary N) is 2. The van der Waals surface area contributed by atoms with E-state index in [1.165, 1.54) is 0 Å². The lowest BCUT2D eigenvalue weighted by Crippen LogP contribution is -2.48. The number of carbonyl (C=O) groups is 3. The van der Waals surface area contributed by atoms with Crippen molar-refractivity contribution in [3.05, 3.63) is 102 Å². The van der Waals surface area contributed by atoms with Gasteiger partial charge >= 0.3 is 6.03 Å². The highest BCUT2D eigenvalue weighted by Crippen LogP contribution is 2.29. The van der Waals surface area contributed by atoms with E-state index in [9.17, 15) is 19.5 Å². The zero-order valence-corrected chi connectivity index (χ0v) is 30.0. The van der Waals surface area contributed by atoms with Crippen LogP contribution in [-0.4, -0.2) is 84.4 Å². The minimum absolute atomic E-state index is 0.180. The Morgan fingerprint density at radius 3 is 2.49 bits per heavy atom. The maximum atomic E-state index is 14.4. The summed E-state index contributed by atoms with van der Waals surface area (Å²) in [5, 5.41) is 18.3. The van der Waals surface area contributed by atoms with E-state index in [1.807, 2.05) is 86.6 Å². The second-order valence-corrected chi connectivity index (χ2v) is 13.6. The standard InChI is InChI=1S/C41H50N4O6/c1-28-25-45(29(2)27-46)40(48)35-24-33(42-39(47)23-31-14-6-5-7-15-31)20-21-37(35)51-30(3)13-10-11-22-50-38(28)26-44(4)41(49)43-36-19-12-17-32-16-8-9-18-34(32)36/h5-9,12,14-21,24,28-30,38,46H,10-11,13,22-23,25-27H2,1-4H3,(H,42,47)(H,43,49)/t28-,29-,30-,38-/m0/s1. The van der Waals surface area contributed by atoms with E-state index in [1.54, 1.807) is 42.0 Å². The second kappa shape index (κ2) is 17.8. The molecule has 10 nitrogen and oxygen atoms in total. The lowest BCUT2D eigenvalue weighted by molar-refractivity contribution is -0.115. The van der Waals surface area contributed by atoms with Crippen LogP contribution < -0.4 is 15.4 Å². The number of hydrogen-bond acceptors (Lipinski definition) is 6. The van der Waals surface area contributed by atoms with Crippen molar-refractivity contribution in [2.24, 2.45) is 5.92 Å². The van der Waals surface area contributed by atoms with E-state index in [0.29, 0.717) is 30.2 Å². The monoisotopic (exact) mass is 694 g/mol. The number of likely N-dealkylation sites (N-methyl/N-ethyl adjacent to an activating group) is 1. The van der Waals surface area contributed by atoms with Crippen molar-refractivity contribution in [3.8, 4) is 5.75 Å². The van der Waals surface area contributed by atoms with Gasteiger partial charge in [0.25, 0.3) is 5.91 Å². The smallest absolute Gasteiger partial charge is 0.321 e. The first-order valence-electron chi connectivity index (χ1n) is 17.8. The van der Waals surface area contributed by atoms with Crippen molar-refractivity contribution in [1.29, 1.82) is 0 Å². The molecule has 0 bridgehead atoms. The molecule has 1 aliphatic heterocycles. The summed E-state index contributed by atoms with van der Waals surface area (Å²) in [6, 6.07) is 27.5. The zero-order valence-electron chi connectivity index (χ0n) is 30.0. The molecular weight excluding hydrogens is 644 g/mol. The third-order valence-corrected chi connectivity index (χ3v) is 9.37. The van der Waals surface area contributed by atoms with Gasteiger partial charge in [-0.1, -0.05) is 73.7 Å². The quantitative estimate of drug-likeness (QED) is 0.183. The summed E-state index contributed by atoms with van der Waals surface area (Å²) in [6.45, 7) is 6.55. The first-order valence-corrected chi connectivity index (χ1v) is 17.8. The molecule has 51 heavy (non-hydrogen) atoms. The summed E-state index contributed by atoms with van der Waals surface area (Å²) in [6.07, 6.45) is 2.02. The van der Waals surface area contributed by atoms with Crippen molar-refractivity contribution < 1.29 is 29.0 Å². The summed E-state index contributed by atoms with van der Waals surface area (Å²) in [5.74, 6) is -0.323. The van der Waals surface area contributed by atoms with Gasteiger partial charge in [-0.25, -0.2) is 4.79 Å². The van der Waals surface area contributed by atoms with Gasteiger partial charge in [-0.3, -0.25) is 9.59 Å². The number of carbonyl (C=O) groups excluding carboxylic acids is 3. The Morgan fingerprint density at radius 1 is 0.961 bits per heavy atom. The van der Waals surface area contributed by atoms with Crippen LogP contribution in [0.1, 0.15) is 56.0 Å². The van der Waals surface area contributed by atoms with Gasteiger partial charge in [-0.2, -0.15) is 0 Å². The van der Waals surface area contributed by atoms with E-state index in [0.717, 1.165) is 41.3 Å². The van der Waals surface area contributed by atoms with E-state index in [4.69, 9.17) is 9.47 Å². The molecule has 0 spiro atoms. The van der Waals surface area contributed by atoms with Gasteiger partial charge in [0, 0.05) is 43.7 Å². The molecule has 4 atom stereocenters. The first kappa shape index (κ1) is 37.3. The normalized spacial score (nSPS) is 19.3. The molecule has 0 aliphatic carbocycles. The molecule has 0 radical (unpaired) electrons. The topological polar surface area (TPSA) is 120 Å². The Bertz CT molecular complexity index is 1780. The van der Waals surface area contributed by atoms with Gasteiger partial charge in [0.2, 0.25) is 5.91 Å². The summed E-state index contributed by atoms with van der Waals surface area (Å²) in [4.78, 5) is 44.1. The van der Waals surface area contributed by atoms with E-state index >= 15 is 0 Å². The summed E-state index contributed by atoms with van der Waals surface area (Å²) in [7, 11) is 1.74. The molecule has 3 N–H and O–H groups in total. The number of nitrogens with zero attached hydrogens (tertiary/aromatic N) is 2. The van der Waals surface area contributed by atoms with Crippen LogP contribution in [-0.2, 0) is 16.0 Å². The number of aliphatic hydroxyl groups excluding tert-OH is 1. The fourth-order valence-electron chi connectivity index (χ4n) is 6.35. The van der Waals surface area contributed by atoms with Crippen molar-refractivity contribution in [3.63, 3.8) is 0 Å². The van der Waals surface area contributed by atoms with Crippen LogP contribution in [0.3, 0.4) is 0 Å². The van der Waals surface area contributed by atoms with Crippen molar-refractivity contribution in [1.82, 2.24) is 9.80 Å². The van der Waals surface area contributed by atoms with Crippen LogP contribution in [0.2, 0.25) is 0 Å². The van der Waals surface area contributed by atoms with Gasteiger partial charge in [0.1, 0.15) is 5.75 Å². The number of amides is 4. The maximum absolute atomic E-state index is 14.4. The van der Waals surface area contributed by atoms with Gasteiger partial charge in [0.15, 0.2) is 0 Å². The van der Waals surface area contributed by atoms with Crippen molar-refractivity contribution in [2.45, 2.75) is 64.7 Å². The average molecular weight is 695 g/mol. The lowest BCUT2D eigenvalue weighted by atomic mass is 10.0. The molecule has 5 rings (SSSR count). The van der Waals surface area contributed by atoms with Gasteiger partial charge in [0.05, 0.1) is 42.5 Å². The molecule has 1 heterocycles. The summed E-state index contributed by atoms with van der Waals surface area (Å²) < 4.78 is 12.8. The Kier molecular flexibility index (Phi) is 13.0. The Morgan fingerprint density at radius 2 is 1.71 bits per heavy atom. The van der Waals surface area contributed by atoms with Crippen LogP contribution in [0, 0.1) is 5.92 Å². The van der Waals surface area contributed by atoms with E-state index in [-0.39, 0.29) is 49.4 Å². The molecule has 270 valence electrons. The number of aliphatic hydroxyl groups is 1. The Balaban J connectivity index is 1.37. The van der Waals surface area contributed by atoms with Crippen LogP contribution in [0.4, 0.5) is 16.2 Å². The summed E-state index contributed by atoms with van der Waals surface area (Å²) in [5.41, 5.74) is 2.38. The third kappa shape index (κ3) is 10.1. The maximum Gasteiger partial charge on any atom is 0.321 e. The number of fused-ring (bicyclic) bond motifs is 2. The molecule has 10 heteroatoms. The number of urea groups is 1. The number of anilines is 2. The van der Waals surface area contributed by atoms with Crippen molar-refractivity contribution in [2.75, 3.05) is 44.0 Å². The fourth-order valence-corrected chi connectivity index (χ4v) is 6.35. The van der Waals surface area contributed by atoms with Gasteiger partial charge < -0.3 is 35.0 Å². The average Bonchev–Trinajstić information content (AvgIpc) is 3.13. The largest absolute Gasteiger partial charge is 0.490 e. The van der Waals surface area contributed by atoms with Gasteiger partial charge in [-0.15, -0.1) is 0 Å². The third-order valence-electron chi connectivity index (χ3n) is 9.37. The van der Waals surface area contributed by atoms with E-state index < -0.39 is 12.1 Å². The fraction of sp³-hybridized carbons (Fsp3) is 0.390. The van der Waals surface area contributed by atoms with E-state index in [2.05, 4.69) is 10.6 Å². The molecule has 0 aromatic heterocycles. The molecule has 0 fully saturated rings. The minimum Gasteiger partial charge on any atom is -0.490 e. The van der Waals surface area contributed by atoms with Crippen molar-refractivity contribution >= 4 is 40.0 Å². The number of hydrogen-bond donors (Lipinski definition) is 3. The molecule has 4 amide bonds. The number of rotatable bonds is 8.